The summed E-state index contributed by atoms with van der Waals surface area (Å²) in [6, 6.07) is 13.4. The van der Waals surface area contributed by atoms with Crippen LogP contribution >= 0.6 is 0 Å². The number of fused-ring (bicyclic) bond motifs is 2. The van der Waals surface area contributed by atoms with E-state index in [0.29, 0.717) is 38.2 Å². The number of anilines is 3. The van der Waals surface area contributed by atoms with Gasteiger partial charge in [0, 0.05) is 44.2 Å². The minimum absolute atomic E-state index is 0. The van der Waals surface area contributed by atoms with Crippen molar-refractivity contribution in [1.29, 1.82) is 0 Å². The number of hydrogen-bond acceptors (Lipinski definition) is 6. The number of para-hydroxylation sites is 2. The second-order valence-corrected chi connectivity index (χ2v) is 13.3. The number of piperidine rings is 1. The van der Waals surface area contributed by atoms with E-state index in [1.165, 1.54) is 0 Å². The van der Waals surface area contributed by atoms with Crippen molar-refractivity contribution >= 4 is 35.1 Å². The molecule has 2 aliphatic heterocycles. The summed E-state index contributed by atoms with van der Waals surface area (Å²) in [4.78, 5) is 42.3. The van der Waals surface area contributed by atoms with Gasteiger partial charge in [-0.3, -0.25) is 14.3 Å². The quantitative estimate of drug-likeness (QED) is 0.238. The molecule has 0 bridgehead atoms. The summed E-state index contributed by atoms with van der Waals surface area (Å²) >= 11 is 0. The number of carbonyl (C=O) groups excluding carboxylic acids is 3. The number of aryl methyl sites for hydroxylation is 2. The summed E-state index contributed by atoms with van der Waals surface area (Å²) in [6.45, 7) is 19.1. The van der Waals surface area contributed by atoms with Crippen molar-refractivity contribution in [3.05, 3.63) is 95.7 Å². The van der Waals surface area contributed by atoms with E-state index in [4.69, 9.17) is 4.74 Å². The number of ether oxygens (including phenoxy) is 1. The third kappa shape index (κ3) is 12.2. The van der Waals surface area contributed by atoms with Gasteiger partial charge in [-0.15, -0.1) is 6.58 Å². The molecule has 0 aliphatic carbocycles. The van der Waals surface area contributed by atoms with E-state index in [1.807, 2.05) is 110 Å². The molecule has 3 aromatic rings. The number of amides is 3. The number of rotatable bonds is 7. The highest BCUT2D eigenvalue weighted by Gasteiger charge is 2.29. The van der Waals surface area contributed by atoms with E-state index in [9.17, 15) is 14.4 Å². The molecule has 5 rings (SSSR count). The first-order valence-corrected chi connectivity index (χ1v) is 17.6. The Morgan fingerprint density at radius 3 is 2.39 bits per heavy atom. The van der Waals surface area contributed by atoms with Crippen LogP contribution in [0.25, 0.3) is 0 Å². The van der Waals surface area contributed by atoms with Crippen molar-refractivity contribution < 1.29 is 19.1 Å². The first kappa shape index (κ1) is 42.3. The van der Waals surface area contributed by atoms with Gasteiger partial charge in [-0.1, -0.05) is 57.7 Å². The van der Waals surface area contributed by atoms with Crippen LogP contribution in [0.4, 0.5) is 22.0 Å². The Kier molecular flexibility index (Phi) is 16.7. The van der Waals surface area contributed by atoms with Gasteiger partial charge in [-0.25, -0.2) is 4.79 Å². The zero-order valence-corrected chi connectivity index (χ0v) is 31.2. The van der Waals surface area contributed by atoms with Gasteiger partial charge >= 0.3 is 6.09 Å². The Bertz CT molecular complexity index is 1630. The molecule has 1 saturated heterocycles. The van der Waals surface area contributed by atoms with E-state index in [-0.39, 0.29) is 31.3 Å². The third-order valence-corrected chi connectivity index (χ3v) is 8.38. The zero-order chi connectivity index (χ0) is 36.8. The van der Waals surface area contributed by atoms with E-state index in [2.05, 4.69) is 28.4 Å². The van der Waals surface area contributed by atoms with Crippen molar-refractivity contribution in [2.75, 3.05) is 23.3 Å². The van der Waals surface area contributed by atoms with Crippen molar-refractivity contribution in [3.8, 4) is 0 Å². The molecule has 3 amide bonds. The van der Waals surface area contributed by atoms with Crippen LogP contribution in [-0.4, -0.2) is 51.3 Å². The molecule has 0 saturated carbocycles. The monoisotopic (exact) mass is 700 g/mol. The van der Waals surface area contributed by atoms with Crippen molar-refractivity contribution in [3.63, 3.8) is 0 Å². The van der Waals surface area contributed by atoms with Crippen LogP contribution in [0.5, 0.6) is 0 Å². The summed E-state index contributed by atoms with van der Waals surface area (Å²) in [5.41, 5.74) is 4.57. The molecule has 2 aliphatic rings. The van der Waals surface area contributed by atoms with Gasteiger partial charge in [0.05, 0.1) is 24.1 Å². The molecule has 1 fully saturated rings. The fourth-order valence-electron chi connectivity index (χ4n) is 5.73. The van der Waals surface area contributed by atoms with Gasteiger partial charge in [0.1, 0.15) is 11.4 Å². The maximum absolute atomic E-state index is 13.8. The van der Waals surface area contributed by atoms with Crippen LogP contribution in [0.1, 0.15) is 102 Å². The number of benzene rings is 2. The molecule has 2 N–H and O–H groups in total. The van der Waals surface area contributed by atoms with Gasteiger partial charge in [0.2, 0.25) is 5.91 Å². The van der Waals surface area contributed by atoms with E-state index in [1.54, 1.807) is 20.7 Å². The largest absolute Gasteiger partial charge is 0.444 e. The fourth-order valence-corrected chi connectivity index (χ4v) is 5.73. The highest BCUT2D eigenvalue weighted by Crippen LogP contribution is 2.36. The lowest BCUT2D eigenvalue weighted by Crippen LogP contribution is -2.42. The van der Waals surface area contributed by atoms with Crippen LogP contribution < -0.4 is 15.5 Å². The minimum Gasteiger partial charge on any atom is -0.444 e. The molecule has 0 unspecified atom stereocenters. The molecule has 3 heterocycles. The van der Waals surface area contributed by atoms with Crippen molar-refractivity contribution in [1.82, 2.24) is 20.0 Å². The average Bonchev–Trinajstić information content (AvgIpc) is 3.34. The Morgan fingerprint density at radius 1 is 1.10 bits per heavy atom. The fraction of sp³-hybridized carbons (Fsp3) is 0.463. The number of hydrogen-bond donors (Lipinski definition) is 2. The van der Waals surface area contributed by atoms with Crippen LogP contribution in [-0.2, 0) is 29.7 Å². The predicted molar refractivity (Wildman–Crippen MR) is 209 cm³/mol. The maximum Gasteiger partial charge on any atom is 0.410 e. The van der Waals surface area contributed by atoms with E-state index < -0.39 is 5.60 Å². The van der Waals surface area contributed by atoms with Gasteiger partial charge in [0.25, 0.3) is 5.91 Å². The smallest absolute Gasteiger partial charge is 0.410 e. The number of nitrogens with one attached hydrogen (secondary N) is 2. The van der Waals surface area contributed by atoms with Gasteiger partial charge < -0.3 is 25.2 Å². The molecule has 10 heteroatoms. The number of allylic oxidation sites excluding steroid dienone is 3. The first-order valence-electron chi connectivity index (χ1n) is 17.6. The molecule has 2 aromatic carbocycles. The van der Waals surface area contributed by atoms with Crippen LogP contribution in [0, 0.1) is 12.8 Å². The van der Waals surface area contributed by atoms with Crippen LogP contribution in [0.15, 0.2) is 73.5 Å². The third-order valence-electron chi connectivity index (χ3n) is 8.38. The van der Waals surface area contributed by atoms with Crippen molar-refractivity contribution in [2.24, 2.45) is 13.0 Å². The van der Waals surface area contributed by atoms with Gasteiger partial charge in [-0.2, -0.15) is 5.10 Å². The summed E-state index contributed by atoms with van der Waals surface area (Å²) in [5.74, 6) is 0.994. The second-order valence-electron chi connectivity index (χ2n) is 13.3. The molecule has 0 radical (unpaired) electrons. The zero-order valence-electron chi connectivity index (χ0n) is 31.2. The molecule has 1 aromatic heterocycles. The minimum atomic E-state index is -0.517. The topological polar surface area (TPSA) is 109 Å². The van der Waals surface area contributed by atoms with Gasteiger partial charge in [-0.05, 0) is 95.2 Å². The van der Waals surface area contributed by atoms with E-state index in [0.717, 1.165) is 53.1 Å². The Hall–Kier alpha value is -4.86. The highest BCUT2D eigenvalue weighted by atomic mass is 16.6. The molecule has 278 valence electrons. The molecule has 0 spiro atoms. The summed E-state index contributed by atoms with van der Waals surface area (Å²) in [6.07, 6.45) is 10.4. The maximum atomic E-state index is 13.8. The van der Waals surface area contributed by atoms with Crippen molar-refractivity contribution in [2.45, 2.75) is 100 Å². The number of carbonyl (C=O) groups is 3. The van der Waals surface area contributed by atoms with Crippen LogP contribution in [0.3, 0.4) is 0 Å². The normalized spacial score (nSPS) is 13.8. The SMILES string of the molecule is C.C=CC/C=C\C.CC.Cc1cc(C(=O)N2Cc3cnn(C)c3Nc3ccccc32)ccc1CNC(=O)CC1CCN(C(=O)OC(C)(C)C)CC1. The predicted octanol–water partition coefficient (Wildman–Crippen LogP) is 9.09. The van der Waals surface area contributed by atoms with E-state index >= 15 is 0 Å². The number of nitrogens with zero attached hydrogens (tertiary/aromatic N) is 4. The molecule has 0 atom stereocenters. The Morgan fingerprint density at radius 2 is 1.78 bits per heavy atom. The molecular formula is C41H60N6O4. The second kappa shape index (κ2) is 20.1. The summed E-state index contributed by atoms with van der Waals surface area (Å²) < 4.78 is 7.24. The lowest BCUT2D eigenvalue weighted by Gasteiger charge is -2.33. The van der Waals surface area contributed by atoms with Gasteiger partial charge in [0.15, 0.2) is 0 Å². The average molecular weight is 701 g/mol. The standard InChI is InChI=1S/C32H40N6O4.C6H10.C2H6.CH4/c1-21-16-23(30(40)38-20-25-19-34-36(5)29(25)35-26-8-6-7-9-27(26)38)10-11-24(21)18-33-28(39)17-22-12-14-37(15-13-22)31(41)42-32(2,3)4;1-3-5-6-4-2;1-2;/h6-11,16,19,22,35H,12-15,17-18,20H2,1-5H3,(H,33,39);3-4,6H,1,5H2,2H3;1-2H3;1H4/b;6-4-;;. The Labute approximate surface area is 305 Å². The highest BCUT2D eigenvalue weighted by molar-refractivity contribution is 6.08. The number of likely N-dealkylation sites (tertiary alicyclic amines) is 1. The molecule has 10 nitrogen and oxygen atoms in total. The molecular weight excluding hydrogens is 640 g/mol. The van der Waals surface area contributed by atoms with Crippen LogP contribution in [0.2, 0.25) is 0 Å². The Balaban J connectivity index is 0.000000909. The number of aromatic nitrogens is 2. The lowest BCUT2D eigenvalue weighted by molar-refractivity contribution is -0.122. The summed E-state index contributed by atoms with van der Waals surface area (Å²) in [7, 11) is 1.88. The molecule has 51 heavy (non-hydrogen) atoms. The lowest BCUT2D eigenvalue weighted by atomic mass is 9.93. The summed E-state index contributed by atoms with van der Waals surface area (Å²) in [5, 5.41) is 10.8. The first-order chi connectivity index (χ1) is 23.9.